The van der Waals surface area contributed by atoms with Crippen molar-refractivity contribution < 1.29 is 4.74 Å². The van der Waals surface area contributed by atoms with Gasteiger partial charge in [-0.2, -0.15) is 0 Å². The van der Waals surface area contributed by atoms with Gasteiger partial charge in [-0.05, 0) is 25.0 Å². The molecule has 2 unspecified atom stereocenters. The molecular weight excluding hydrogens is 246 g/mol. The molecule has 0 radical (unpaired) electrons. The Labute approximate surface area is 121 Å². The average molecular weight is 269 g/mol. The third-order valence-corrected chi connectivity index (χ3v) is 3.56. The van der Waals surface area contributed by atoms with Crippen LogP contribution in [-0.2, 0) is 4.74 Å². The lowest BCUT2D eigenvalue weighted by molar-refractivity contribution is 0.162. The minimum Gasteiger partial charge on any atom is -0.383 e. The molecule has 0 saturated carbocycles. The van der Waals surface area contributed by atoms with Crippen molar-refractivity contribution in [1.29, 1.82) is 0 Å². The van der Waals surface area contributed by atoms with E-state index in [-0.39, 0.29) is 12.1 Å². The largest absolute Gasteiger partial charge is 0.383 e. The van der Waals surface area contributed by atoms with Crippen LogP contribution in [-0.4, -0.2) is 13.7 Å². The van der Waals surface area contributed by atoms with Crippen LogP contribution in [0.25, 0.3) is 0 Å². The Balaban J connectivity index is 2.10. The third-order valence-electron chi connectivity index (χ3n) is 3.56. The van der Waals surface area contributed by atoms with E-state index in [1.807, 2.05) is 6.07 Å². The first-order chi connectivity index (χ1) is 9.70. The van der Waals surface area contributed by atoms with Gasteiger partial charge in [-0.3, -0.25) is 0 Å². The second kappa shape index (κ2) is 7.22. The predicted molar refractivity (Wildman–Crippen MR) is 83.8 cm³/mol. The fourth-order valence-electron chi connectivity index (χ4n) is 2.35. The fourth-order valence-corrected chi connectivity index (χ4v) is 2.35. The first-order valence-electron chi connectivity index (χ1n) is 7.07. The van der Waals surface area contributed by atoms with Gasteiger partial charge < -0.3 is 10.1 Å². The van der Waals surface area contributed by atoms with E-state index in [1.165, 1.54) is 16.7 Å². The Morgan fingerprint density at radius 2 is 1.60 bits per heavy atom. The van der Waals surface area contributed by atoms with E-state index in [0.29, 0.717) is 6.61 Å². The number of hydrogen-bond donors (Lipinski definition) is 1. The summed E-state index contributed by atoms with van der Waals surface area (Å²) in [7, 11) is 1.74. The van der Waals surface area contributed by atoms with Crippen LogP contribution in [0.15, 0.2) is 54.6 Å². The van der Waals surface area contributed by atoms with Crippen molar-refractivity contribution >= 4 is 0 Å². The summed E-state index contributed by atoms with van der Waals surface area (Å²) in [6, 6.07) is 19.6. The van der Waals surface area contributed by atoms with Gasteiger partial charge >= 0.3 is 0 Å². The van der Waals surface area contributed by atoms with Crippen molar-refractivity contribution in [3.8, 4) is 0 Å². The molecule has 0 saturated heterocycles. The summed E-state index contributed by atoms with van der Waals surface area (Å²) < 4.78 is 5.35. The lowest BCUT2D eigenvalue weighted by Crippen LogP contribution is -2.28. The first-order valence-corrected chi connectivity index (χ1v) is 7.07. The lowest BCUT2D eigenvalue weighted by atomic mass is 10.0. The van der Waals surface area contributed by atoms with Crippen LogP contribution in [0.2, 0.25) is 0 Å². The number of aryl methyl sites for hydroxylation is 1. The molecule has 0 aromatic heterocycles. The van der Waals surface area contributed by atoms with E-state index in [1.54, 1.807) is 7.11 Å². The Kier molecular flexibility index (Phi) is 5.33. The van der Waals surface area contributed by atoms with E-state index >= 15 is 0 Å². The van der Waals surface area contributed by atoms with E-state index in [2.05, 4.69) is 67.7 Å². The summed E-state index contributed by atoms with van der Waals surface area (Å²) >= 11 is 0. The molecule has 1 N–H and O–H groups in total. The second-order valence-corrected chi connectivity index (χ2v) is 5.22. The smallest absolute Gasteiger partial charge is 0.0657 e. The Bertz CT molecular complexity index is 507. The van der Waals surface area contributed by atoms with Crippen LogP contribution >= 0.6 is 0 Å². The molecule has 0 aliphatic heterocycles. The number of benzene rings is 2. The zero-order valence-corrected chi connectivity index (χ0v) is 12.5. The van der Waals surface area contributed by atoms with Crippen LogP contribution in [0.1, 0.15) is 35.7 Å². The molecule has 0 spiro atoms. The molecule has 2 aromatic carbocycles. The summed E-state index contributed by atoms with van der Waals surface area (Å²) in [5.74, 6) is 0. The standard InChI is InChI=1S/C18H23NO/c1-14-9-11-16(12-10-14)15(2)19-18(13-20-3)17-7-5-4-6-8-17/h4-12,15,18-19H,13H2,1-3H3. The number of rotatable bonds is 6. The maximum absolute atomic E-state index is 5.35. The highest BCUT2D eigenvalue weighted by molar-refractivity contribution is 5.25. The molecule has 0 aliphatic rings. The molecule has 0 fully saturated rings. The van der Waals surface area contributed by atoms with E-state index in [0.717, 1.165) is 0 Å². The normalized spacial score (nSPS) is 13.9. The van der Waals surface area contributed by atoms with Crippen LogP contribution in [0, 0.1) is 6.92 Å². The van der Waals surface area contributed by atoms with Gasteiger partial charge in [0.2, 0.25) is 0 Å². The highest BCUT2D eigenvalue weighted by Crippen LogP contribution is 2.20. The minimum absolute atomic E-state index is 0.206. The quantitative estimate of drug-likeness (QED) is 0.854. The van der Waals surface area contributed by atoms with Gasteiger partial charge in [0.1, 0.15) is 0 Å². The van der Waals surface area contributed by atoms with Crippen molar-refractivity contribution in [2.75, 3.05) is 13.7 Å². The maximum atomic E-state index is 5.35. The van der Waals surface area contributed by atoms with Crippen molar-refractivity contribution in [3.63, 3.8) is 0 Å². The molecule has 0 aliphatic carbocycles. The Morgan fingerprint density at radius 1 is 0.950 bits per heavy atom. The summed E-state index contributed by atoms with van der Waals surface area (Å²) in [5, 5.41) is 3.64. The number of nitrogens with one attached hydrogen (secondary N) is 1. The van der Waals surface area contributed by atoms with Crippen molar-refractivity contribution in [2.24, 2.45) is 0 Å². The van der Waals surface area contributed by atoms with Gasteiger partial charge in [0, 0.05) is 13.2 Å². The van der Waals surface area contributed by atoms with Gasteiger partial charge in [-0.15, -0.1) is 0 Å². The molecule has 2 rings (SSSR count). The van der Waals surface area contributed by atoms with Crippen LogP contribution in [0.3, 0.4) is 0 Å². The van der Waals surface area contributed by atoms with Crippen LogP contribution in [0.4, 0.5) is 0 Å². The molecule has 0 bridgehead atoms. The maximum Gasteiger partial charge on any atom is 0.0657 e. The number of ether oxygens (including phenoxy) is 1. The molecule has 0 heterocycles. The Morgan fingerprint density at radius 3 is 2.20 bits per heavy atom. The van der Waals surface area contributed by atoms with Gasteiger partial charge in [0.05, 0.1) is 12.6 Å². The molecular formula is C18H23NO. The van der Waals surface area contributed by atoms with Crippen LogP contribution in [0.5, 0.6) is 0 Å². The molecule has 2 aromatic rings. The van der Waals surface area contributed by atoms with Crippen molar-refractivity contribution in [1.82, 2.24) is 5.32 Å². The summed E-state index contributed by atoms with van der Waals surface area (Å²) in [6.07, 6.45) is 0. The van der Waals surface area contributed by atoms with E-state index in [4.69, 9.17) is 4.74 Å². The minimum atomic E-state index is 0.206. The molecule has 2 nitrogen and oxygen atoms in total. The van der Waals surface area contributed by atoms with Crippen LogP contribution < -0.4 is 5.32 Å². The van der Waals surface area contributed by atoms with E-state index < -0.39 is 0 Å². The second-order valence-electron chi connectivity index (χ2n) is 5.22. The lowest BCUT2D eigenvalue weighted by Gasteiger charge is -2.23. The van der Waals surface area contributed by atoms with Crippen molar-refractivity contribution in [3.05, 3.63) is 71.3 Å². The first kappa shape index (κ1) is 14.8. The summed E-state index contributed by atoms with van der Waals surface area (Å²) in [5.41, 5.74) is 3.85. The molecule has 2 heteroatoms. The van der Waals surface area contributed by atoms with E-state index in [9.17, 15) is 0 Å². The fraction of sp³-hybridized carbons (Fsp3) is 0.333. The topological polar surface area (TPSA) is 21.3 Å². The van der Waals surface area contributed by atoms with Gasteiger partial charge in [0.25, 0.3) is 0 Å². The molecule has 106 valence electrons. The SMILES string of the molecule is COCC(NC(C)c1ccc(C)cc1)c1ccccc1. The van der Waals surface area contributed by atoms with Crippen molar-refractivity contribution in [2.45, 2.75) is 25.9 Å². The third kappa shape index (κ3) is 3.92. The van der Waals surface area contributed by atoms with Gasteiger partial charge in [0.15, 0.2) is 0 Å². The highest BCUT2D eigenvalue weighted by atomic mass is 16.5. The molecule has 20 heavy (non-hydrogen) atoms. The average Bonchev–Trinajstić information content (AvgIpc) is 2.48. The summed E-state index contributed by atoms with van der Waals surface area (Å²) in [4.78, 5) is 0. The molecule has 2 atom stereocenters. The Hall–Kier alpha value is -1.64. The number of methoxy groups -OCH3 is 1. The zero-order chi connectivity index (χ0) is 14.4. The summed E-state index contributed by atoms with van der Waals surface area (Å²) in [6.45, 7) is 4.97. The van der Waals surface area contributed by atoms with Gasteiger partial charge in [-0.25, -0.2) is 0 Å². The number of hydrogen-bond acceptors (Lipinski definition) is 2. The zero-order valence-electron chi connectivity index (χ0n) is 12.5. The monoisotopic (exact) mass is 269 g/mol. The highest BCUT2D eigenvalue weighted by Gasteiger charge is 2.14. The molecule has 0 amide bonds. The van der Waals surface area contributed by atoms with Gasteiger partial charge in [-0.1, -0.05) is 60.2 Å². The predicted octanol–water partition coefficient (Wildman–Crippen LogP) is 4.03.